The van der Waals surface area contributed by atoms with E-state index in [1.165, 1.54) is 14.2 Å². The predicted octanol–water partition coefficient (Wildman–Crippen LogP) is 9.24. The number of para-hydroxylation sites is 4. The maximum absolute atomic E-state index is 12.0. The molecule has 8 aromatic rings. The first-order valence-electron chi connectivity index (χ1n) is 20.6. The van der Waals surface area contributed by atoms with E-state index in [4.69, 9.17) is 19.4 Å². The molecule has 0 spiro atoms. The van der Waals surface area contributed by atoms with Crippen LogP contribution in [0.1, 0.15) is 11.1 Å². The van der Waals surface area contributed by atoms with Crippen LogP contribution in [0.15, 0.2) is 170 Å². The molecule has 0 amide bonds. The molecular formula is C49H44N12O4. The van der Waals surface area contributed by atoms with Gasteiger partial charge in [-0.25, -0.2) is 0 Å². The zero-order valence-corrected chi connectivity index (χ0v) is 35.5. The van der Waals surface area contributed by atoms with Gasteiger partial charge in [0.05, 0.1) is 14.2 Å². The van der Waals surface area contributed by atoms with Crippen molar-refractivity contribution in [2.24, 2.45) is 0 Å². The monoisotopic (exact) mass is 864 g/mol. The van der Waals surface area contributed by atoms with E-state index < -0.39 is 11.9 Å². The largest absolute Gasteiger partial charge is 0.468 e. The molecule has 4 N–H and O–H groups in total. The summed E-state index contributed by atoms with van der Waals surface area (Å²) in [6.45, 7) is -0.251. The smallest absolute Gasteiger partial charge is 0.325 e. The Morgan fingerprint density at radius 2 is 0.723 bits per heavy atom. The second kappa shape index (κ2) is 20.8. The summed E-state index contributed by atoms with van der Waals surface area (Å²) in [6, 6.07) is 55.0. The number of rotatable bonds is 18. The number of ether oxygens (including phenoxy) is 2. The lowest BCUT2D eigenvalue weighted by molar-refractivity contribution is -0.139. The van der Waals surface area contributed by atoms with Crippen LogP contribution < -0.4 is 31.1 Å². The van der Waals surface area contributed by atoms with Gasteiger partial charge < -0.3 is 30.7 Å². The van der Waals surface area contributed by atoms with E-state index in [9.17, 15) is 9.59 Å². The van der Waals surface area contributed by atoms with Crippen molar-refractivity contribution in [3.63, 3.8) is 0 Å². The molecule has 0 atom stereocenters. The summed E-state index contributed by atoms with van der Waals surface area (Å²) < 4.78 is 9.66. The summed E-state index contributed by atoms with van der Waals surface area (Å²) in [7, 11) is 2.65. The second-order valence-electron chi connectivity index (χ2n) is 14.3. The third kappa shape index (κ3) is 11.3. The molecule has 0 saturated carbocycles. The van der Waals surface area contributed by atoms with Gasteiger partial charge in [0.25, 0.3) is 0 Å². The molecule has 16 nitrogen and oxygen atoms in total. The molecule has 2 aromatic heterocycles. The number of esters is 2. The van der Waals surface area contributed by atoms with Crippen molar-refractivity contribution in [1.82, 2.24) is 29.9 Å². The minimum absolute atomic E-state index is 0.126. The SMILES string of the molecule is COC(=O)CNc1nc(Nc2ccc(Cc3ccc(Nc4nc(NCC(=O)OC)nc(N(c5ccccc5)c5ccccc5)n4)cc3)cc2)nc(N(c2ccccc2)c2ccccc2)n1. The first-order chi connectivity index (χ1) is 31.9. The average molecular weight is 865 g/mol. The number of nitrogens with zero attached hydrogens (tertiary/aromatic N) is 8. The molecule has 0 aliphatic rings. The Bertz CT molecular complexity index is 2530. The molecule has 6 aromatic carbocycles. The van der Waals surface area contributed by atoms with Crippen molar-refractivity contribution in [2.75, 3.05) is 58.4 Å². The highest BCUT2D eigenvalue weighted by Crippen LogP contribution is 2.35. The quantitative estimate of drug-likeness (QED) is 0.0598. The summed E-state index contributed by atoms with van der Waals surface area (Å²) in [5.74, 6) is 0.712. The molecule has 2 heterocycles. The van der Waals surface area contributed by atoms with E-state index in [1.54, 1.807) is 0 Å². The Morgan fingerprint density at radius 1 is 0.415 bits per heavy atom. The van der Waals surface area contributed by atoms with Crippen LogP contribution in [0.25, 0.3) is 0 Å². The van der Waals surface area contributed by atoms with E-state index in [0.717, 1.165) is 45.3 Å². The topological polar surface area (TPSA) is 185 Å². The number of benzene rings is 6. The molecule has 0 aliphatic heterocycles. The van der Waals surface area contributed by atoms with Crippen molar-refractivity contribution in [1.29, 1.82) is 0 Å². The lowest BCUT2D eigenvalue weighted by Crippen LogP contribution is -2.20. The molecule has 0 fully saturated rings. The molecule has 0 aliphatic carbocycles. The highest BCUT2D eigenvalue weighted by atomic mass is 16.5. The third-order valence-corrected chi connectivity index (χ3v) is 9.77. The van der Waals surface area contributed by atoms with Gasteiger partial charge in [-0.15, -0.1) is 0 Å². The van der Waals surface area contributed by atoms with Crippen LogP contribution in [-0.2, 0) is 25.5 Å². The fourth-order valence-electron chi connectivity index (χ4n) is 6.62. The summed E-state index contributed by atoms with van der Waals surface area (Å²) >= 11 is 0. The summed E-state index contributed by atoms with van der Waals surface area (Å²) in [6.07, 6.45) is 0.668. The van der Waals surface area contributed by atoms with Crippen LogP contribution in [0.4, 0.5) is 69.8 Å². The zero-order valence-electron chi connectivity index (χ0n) is 35.5. The van der Waals surface area contributed by atoms with Gasteiger partial charge in [-0.3, -0.25) is 19.4 Å². The second-order valence-corrected chi connectivity index (χ2v) is 14.3. The fraction of sp³-hybridized carbons (Fsp3) is 0.102. The highest BCUT2D eigenvalue weighted by molar-refractivity contribution is 5.77. The number of anilines is 12. The van der Waals surface area contributed by atoms with Gasteiger partial charge in [0.2, 0.25) is 35.7 Å². The highest BCUT2D eigenvalue weighted by Gasteiger charge is 2.20. The van der Waals surface area contributed by atoms with Crippen molar-refractivity contribution in [3.05, 3.63) is 181 Å². The van der Waals surface area contributed by atoms with Crippen LogP contribution in [0.2, 0.25) is 0 Å². The average Bonchev–Trinajstić information content (AvgIpc) is 3.35. The number of aromatic nitrogens is 6. The lowest BCUT2D eigenvalue weighted by atomic mass is 10.0. The summed E-state index contributed by atoms with van der Waals surface area (Å²) in [5, 5.41) is 12.6. The van der Waals surface area contributed by atoms with Crippen LogP contribution in [0.3, 0.4) is 0 Å². The Kier molecular flexibility index (Phi) is 13.7. The van der Waals surface area contributed by atoms with Crippen LogP contribution in [-0.4, -0.2) is 69.2 Å². The van der Waals surface area contributed by atoms with E-state index in [-0.39, 0.29) is 36.9 Å². The van der Waals surface area contributed by atoms with Gasteiger partial charge in [0.1, 0.15) is 13.1 Å². The zero-order chi connectivity index (χ0) is 44.8. The van der Waals surface area contributed by atoms with Crippen LogP contribution in [0, 0.1) is 0 Å². The predicted molar refractivity (Wildman–Crippen MR) is 252 cm³/mol. The van der Waals surface area contributed by atoms with Crippen LogP contribution in [0.5, 0.6) is 0 Å². The molecule has 8 rings (SSSR count). The van der Waals surface area contributed by atoms with Gasteiger partial charge in [-0.2, -0.15) is 29.9 Å². The van der Waals surface area contributed by atoms with Crippen molar-refractivity contribution < 1.29 is 19.1 Å². The first-order valence-corrected chi connectivity index (χ1v) is 20.6. The molecule has 65 heavy (non-hydrogen) atoms. The van der Waals surface area contributed by atoms with E-state index in [2.05, 4.69) is 41.2 Å². The Hall–Kier alpha value is -8.92. The number of nitrogens with one attached hydrogen (secondary N) is 4. The number of hydrogen-bond acceptors (Lipinski definition) is 16. The molecular weight excluding hydrogens is 821 g/mol. The van der Waals surface area contributed by atoms with Gasteiger partial charge in [0, 0.05) is 34.1 Å². The van der Waals surface area contributed by atoms with E-state index in [0.29, 0.717) is 18.3 Å². The first kappa shape index (κ1) is 42.8. The van der Waals surface area contributed by atoms with Crippen LogP contribution >= 0.6 is 0 Å². The molecule has 0 saturated heterocycles. The summed E-state index contributed by atoms with van der Waals surface area (Å²) in [4.78, 5) is 56.1. The van der Waals surface area contributed by atoms with Gasteiger partial charge >= 0.3 is 11.9 Å². The van der Waals surface area contributed by atoms with Crippen molar-refractivity contribution in [2.45, 2.75) is 6.42 Å². The summed E-state index contributed by atoms with van der Waals surface area (Å²) in [5.41, 5.74) is 7.05. The third-order valence-electron chi connectivity index (χ3n) is 9.77. The maximum atomic E-state index is 12.0. The number of carbonyl (C=O) groups is 2. The van der Waals surface area contributed by atoms with E-state index >= 15 is 0 Å². The van der Waals surface area contributed by atoms with E-state index in [1.807, 2.05) is 180 Å². The lowest BCUT2D eigenvalue weighted by Gasteiger charge is -2.23. The Morgan fingerprint density at radius 3 is 1.03 bits per heavy atom. The molecule has 16 heteroatoms. The van der Waals surface area contributed by atoms with Crippen molar-refractivity contribution in [3.8, 4) is 0 Å². The maximum Gasteiger partial charge on any atom is 0.325 e. The standard InChI is InChI=1S/C49H44N12O4/c1-64-42(62)32-50-44-54-46(58-48(56-44)60(38-15-7-3-8-16-38)39-17-9-4-10-18-39)52-36-27-23-34(24-28-36)31-35-25-29-37(30-26-35)53-47-55-45(51-33-43(63)65-2)57-49(59-47)61(40-19-11-5-12-20-40)41-21-13-6-14-22-41/h3-30H,31-33H2,1-2H3,(H2,50,52,54,56,58)(H2,51,53,55,57,59). The number of carbonyl (C=O) groups excluding carboxylic acids is 2. The molecule has 0 unspecified atom stereocenters. The minimum Gasteiger partial charge on any atom is -0.468 e. The minimum atomic E-state index is -0.461. The molecule has 324 valence electrons. The number of methoxy groups -OCH3 is 2. The van der Waals surface area contributed by atoms with Crippen molar-refractivity contribution >= 4 is 81.8 Å². The fourth-order valence-corrected chi connectivity index (χ4v) is 6.62. The number of hydrogen-bond donors (Lipinski definition) is 4. The van der Waals surface area contributed by atoms with Gasteiger partial charge in [-0.05, 0) is 90.3 Å². The van der Waals surface area contributed by atoms with Gasteiger partial charge in [-0.1, -0.05) is 97.1 Å². The molecule has 0 bridgehead atoms. The Balaban J connectivity index is 0.993. The normalized spacial score (nSPS) is 10.6. The molecule has 0 radical (unpaired) electrons. The van der Waals surface area contributed by atoms with Gasteiger partial charge in [0.15, 0.2) is 0 Å². The Labute approximate surface area is 375 Å².